The maximum atomic E-state index is 13.2. The Labute approximate surface area is 135 Å². The maximum Gasteiger partial charge on any atom is 0.141 e. The molecule has 5 heteroatoms. The molecule has 1 unspecified atom stereocenters. The van der Waals surface area contributed by atoms with Crippen LogP contribution in [0.5, 0.6) is 0 Å². The van der Waals surface area contributed by atoms with Gasteiger partial charge in [0.05, 0.1) is 6.20 Å². The number of rotatable bonds is 4. The highest BCUT2D eigenvalue weighted by atomic mass is 19.1. The minimum absolute atomic E-state index is 0.178. The average molecular weight is 317 g/mol. The first-order valence-corrected chi connectivity index (χ1v) is 7.97. The van der Waals surface area contributed by atoms with Crippen molar-refractivity contribution in [2.45, 2.75) is 19.4 Å². The first kappa shape index (κ1) is 15.9. The van der Waals surface area contributed by atoms with Crippen molar-refractivity contribution < 1.29 is 8.78 Å². The van der Waals surface area contributed by atoms with Gasteiger partial charge in [-0.1, -0.05) is 12.1 Å². The van der Waals surface area contributed by atoms with Crippen molar-refractivity contribution in [3.8, 4) is 0 Å². The van der Waals surface area contributed by atoms with E-state index in [0.717, 1.165) is 44.0 Å². The van der Waals surface area contributed by atoms with Crippen molar-refractivity contribution >= 4 is 5.82 Å². The van der Waals surface area contributed by atoms with Crippen LogP contribution in [0, 0.1) is 11.6 Å². The van der Waals surface area contributed by atoms with Gasteiger partial charge < -0.3 is 4.90 Å². The average Bonchev–Trinajstić information content (AvgIpc) is 2.54. The molecule has 3 nitrogen and oxygen atoms in total. The fourth-order valence-corrected chi connectivity index (χ4v) is 3.09. The van der Waals surface area contributed by atoms with Gasteiger partial charge in [0.1, 0.15) is 17.5 Å². The monoisotopic (exact) mass is 317 g/mol. The van der Waals surface area contributed by atoms with Crippen molar-refractivity contribution in [3.05, 3.63) is 59.8 Å². The SMILES string of the molecule is CC1CN(CCc2cccc(F)c2)CCN1c1ccc(F)cn1. The lowest BCUT2D eigenvalue weighted by molar-refractivity contribution is 0.230. The molecule has 0 bridgehead atoms. The van der Waals surface area contributed by atoms with Gasteiger partial charge in [-0.25, -0.2) is 13.8 Å². The molecule has 0 radical (unpaired) electrons. The molecule has 0 aliphatic carbocycles. The van der Waals surface area contributed by atoms with E-state index in [9.17, 15) is 8.78 Å². The van der Waals surface area contributed by atoms with E-state index in [1.165, 1.54) is 18.3 Å². The molecule has 23 heavy (non-hydrogen) atoms. The summed E-state index contributed by atoms with van der Waals surface area (Å²) in [4.78, 5) is 8.76. The van der Waals surface area contributed by atoms with E-state index in [-0.39, 0.29) is 11.6 Å². The highest BCUT2D eigenvalue weighted by Crippen LogP contribution is 2.18. The Kier molecular flexibility index (Phi) is 4.86. The van der Waals surface area contributed by atoms with E-state index in [0.29, 0.717) is 6.04 Å². The van der Waals surface area contributed by atoms with Gasteiger partial charge in [0.15, 0.2) is 0 Å². The molecule has 122 valence electrons. The molecular formula is C18H21F2N3. The topological polar surface area (TPSA) is 19.4 Å². The molecule has 1 fully saturated rings. The van der Waals surface area contributed by atoms with Crippen molar-refractivity contribution in [2.75, 3.05) is 31.1 Å². The fraction of sp³-hybridized carbons (Fsp3) is 0.389. The lowest BCUT2D eigenvalue weighted by Gasteiger charge is -2.40. The molecule has 0 spiro atoms. The molecular weight excluding hydrogens is 296 g/mol. The van der Waals surface area contributed by atoms with Gasteiger partial charge in [-0.15, -0.1) is 0 Å². The van der Waals surface area contributed by atoms with Crippen LogP contribution in [0.3, 0.4) is 0 Å². The van der Waals surface area contributed by atoms with Gasteiger partial charge in [0.2, 0.25) is 0 Å². The van der Waals surface area contributed by atoms with Crippen LogP contribution in [-0.2, 0) is 6.42 Å². The van der Waals surface area contributed by atoms with Crippen molar-refractivity contribution in [1.29, 1.82) is 0 Å². The smallest absolute Gasteiger partial charge is 0.141 e. The first-order chi connectivity index (χ1) is 11.1. The lowest BCUT2D eigenvalue weighted by Crippen LogP contribution is -2.52. The number of hydrogen-bond acceptors (Lipinski definition) is 3. The van der Waals surface area contributed by atoms with Crippen molar-refractivity contribution in [1.82, 2.24) is 9.88 Å². The Morgan fingerprint density at radius 1 is 1.13 bits per heavy atom. The number of piperazine rings is 1. The van der Waals surface area contributed by atoms with Gasteiger partial charge in [-0.3, -0.25) is 4.90 Å². The zero-order chi connectivity index (χ0) is 16.2. The Balaban J connectivity index is 1.55. The molecule has 1 saturated heterocycles. The van der Waals surface area contributed by atoms with Crippen LogP contribution in [-0.4, -0.2) is 42.1 Å². The molecule has 1 atom stereocenters. The Morgan fingerprint density at radius 3 is 2.70 bits per heavy atom. The minimum atomic E-state index is -0.310. The van der Waals surface area contributed by atoms with Gasteiger partial charge in [0, 0.05) is 32.2 Å². The molecule has 2 aromatic rings. The summed E-state index contributed by atoms with van der Waals surface area (Å²) in [7, 11) is 0. The minimum Gasteiger partial charge on any atom is -0.351 e. The van der Waals surface area contributed by atoms with Crippen molar-refractivity contribution in [3.63, 3.8) is 0 Å². The second-order valence-electron chi connectivity index (χ2n) is 6.06. The van der Waals surface area contributed by atoms with Gasteiger partial charge in [0.25, 0.3) is 0 Å². The molecule has 0 saturated carbocycles. The third kappa shape index (κ3) is 4.05. The number of aromatic nitrogens is 1. The number of halogens is 2. The number of nitrogens with zero attached hydrogens (tertiary/aromatic N) is 3. The number of anilines is 1. The van der Waals surface area contributed by atoms with E-state index in [1.54, 1.807) is 18.2 Å². The predicted molar refractivity (Wildman–Crippen MR) is 87.5 cm³/mol. The lowest BCUT2D eigenvalue weighted by atomic mass is 10.1. The highest BCUT2D eigenvalue weighted by Gasteiger charge is 2.24. The van der Waals surface area contributed by atoms with Crippen molar-refractivity contribution in [2.24, 2.45) is 0 Å². The molecule has 2 heterocycles. The van der Waals surface area contributed by atoms with Gasteiger partial charge >= 0.3 is 0 Å². The quantitative estimate of drug-likeness (QED) is 0.864. The Bertz CT molecular complexity index is 645. The normalized spacial score (nSPS) is 19.1. The summed E-state index contributed by atoms with van der Waals surface area (Å²) in [5.74, 6) is 0.335. The molecule has 0 N–H and O–H groups in total. The Morgan fingerprint density at radius 2 is 2.00 bits per heavy atom. The van der Waals surface area contributed by atoms with Gasteiger partial charge in [-0.05, 0) is 43.2 Å². The second kappa shape index (κ2) is 7.04. The van der Waals surface area contributed by atoms with E-state index >= 15 is 0 Å². The van der Waals surface area contributed by atoms with E-state index in [4.69, 9.17) is 0 Å². The number of hydrogen-bond donors (Lipinski definition) is 0. The molecule has 1 aromatic heterocycles. The van der Waals surface area contributed by atoms with E-state index < -0.39 is 0 Å². The summed E-state index contributed by atoms with van der Waals surface area (Å²) in [6, 6.07) is 10.3. The zero-order valence-corrected chi connectivity index (χ0v) is 13.3. The maximum absolute atomic E-state index is 13.2. The molecule has 1 aromatic carbocycles. The van der Waals surface area contributed by atoms with E-state index in [1.807, 2.05) is 6.07 Å². The molecule has 1 aliphatic rings. The number of benzene rings is 1. The van der Waals surface area contributed by atoms with Crippen LogP contribution >= 0.6 is 0 Å². The summed E-state index contributed by atoms with van der Waals surface area (Å²) >= 11 is 0. The summed E-state index contributed by atoms with van der Waals surface area (Å²) in [6.45, 7) is 5.79. The third-order valence-electron chi connectivity index (χ3n) is 4.32. The number of pyridine rings is 1. The largest absolute Gasteiger partial charge is 0.351 e. The van der Waals surface area contributed by atoms with E-state index in [2.05, 4.69) is 21.7 Å². The van der Waals surface area contributed by atoms with Crippen LogP contribution in [0.25, 0.3) is 0 Å². The summed E-state index contributed by atoms with van der Waals surface area (Å²) in [5.41, 5.74) is 1.03. The Hall–Kier alpha value is -2.01. The summed E-state index contributed by atoms with van der Waals surface area (Å²) < 4.78 is 26.2. The van der Waals surface area contributed by atoms with Crippen LogP contribution in [0.1, 0.15) is 12.5 Å². The van der Waals surface area contributed by atoms with Gasteiger partial charge in [-0.2, -0.15) is 0 Å². The fourth-order valence-electron chi connectivity index (χ4n) is 3.09. The van der Waals surface area contributed by atoms with Crippen LogP contribution in [0.15, 0.2) is 42.6 Å². The predicted octanol–water partition coefficient (Wildman–Crippen LogP) is 3.11. The standard InChI is InChI=1S/C18H21F2N3/c1-14-13-22(8-7-15-3-2-4-16(19)11-15)9-10-23(14)18-6-5-17(20)12-21-18/h2-6,11-12,14H,7-10,13H2,1H3. The van der Waals surface area contributed by atoms with Crippen LogP contribution < -0.4 is 4.90 Å². The molecule has 1 aliphatic heterocycles. The first-order valence-electron chi connectivity index (χ1n) is 7.97. The van der Waals surface area contributed by atoms with Crippen LogP contribution in [0.2, 0.25) is 0 Å². The summed E-state index contributed by atoms with van der Waals surface area (Å²) in [5, 5.41) is 0. The zero-order valence-electron chi connectivity index (χ0n) is 13.3. The van der Waals surface area contributed by atoms with Crippen LogP contribution in [0.4, 0.5) is 14.6 Å². The highest BCUT2D eigenvalue weighted by molar-refractivity contribution is 5.40. The second-order valence-corrected chi connectivity index (χ2v) is 6.06. The molecule has 0 amide bonds. The molecule has 3 rings (SSSR count). The third-order valence-corrected chi connectivity index (χ3v) is 4.32. The summed E-state index contributed by atoms with van der Waals surface area (Å²) in [6.07, 6.45) is 2.11.